The first-order valence-corrected chi connectivity index (χ1v) is 10.0. The fourth-order valence-electron chi connectivity index (χ4n) is 2.60. The second kappa shape index (κ2) is 11.6. The first kappa shape index (κ1) is 27.1. The van der Waals surface area contributed by atoms with Gasteiger partial charge in [-0.1, -0.05) is 0 Å². The van der Waals surface area contributed by atoms with Crippen molar-refractivity contribution in [3.8, 4) is 0 Å². The molecule has 1 fully saturated rings. The normalized spacial score (nSPS) is 16.2. The fraction of sp³-hybridized carbons (Fsp3) is 0.438. The zero-order chi connectivity index (χ0) is 22.5. The average molecular weight is 470 g/mol. The number of rotatable bonds is 10. The van der Waals surface area contributed by atoms with Crippen molar-refractivity contribution in [2.75, 3.05) is 6.61 Å². The molecule has 1 aromatic rings. The number of hydroxylamine groups is 2. The number of amides is 2. The van der Waals surface area contributed by atoms with Gasteiger partial charge in [0.2, 0.25) is 0 Å². The number of nitro groups is 1. The first-order valence-electron chi connectivity index (χ1n) is 8.53. The maximum absolute atomic E-state index is 11.8. The van der Waals surface area contributed by atoms with Crippen LogP contribution < -0.4 is 0 Å². The summed E-state index contributed by atoms with van der Waals surface area (Å²) in [4.78, 5) is 49.9. The van der Waals surface area contributed by atoms with E-state index in [2.05, 4.69) is 4.84 Å². The molecule has 2 amide bonds. The molecule has 1 unspecified atom stereocenters. The summed E-state index contributed by atoms with van der Waals surface area (Å²) in [5, 5.41) is 18.0. The van der Waals surface area contributed by atoms with Crippen LogP contribution in [0.25, 0.3) is 0 Å². The Bertz CT molecular complexity index is 966. The van der Waals surface area contributed by atoms with Crippen LogP contribution in [0, 0.1) is 10.1 Å². The van der Waals surface area contributed by atoms with Gasteiger partial charge in [-0.25, -0.2) is 4.79 Å². The number of hydrogen-bond acceptors (Lipinski definition) is 10. The van der Waals surface area contributed by atoms with Crippen LogP contribution in [-0.4, -0.2) is 87.3 Å². The molecular weight excluding hydrogens is 451 g/mol. The zero-order valence-corrected chi connectivity index (χ0v) is 16.2. The third-order valence-electron chi connectivity index (χ3n) is 4.06. The van der Waals surface area contributed by atoms with Gasteiger partial charge in [0.1, 0.15) is 0 Å². The summed E-state index contributed by atoms with van der Waals surface area (Å²) in [6, 6.07) is 4.12. The van der Waals surface area contributed by atoms with Gasteiger partial charge in [0, 0.05) is 12.7 Å². The molecule has 15 heteroatoms. The molecular formula is C16H19N2NaO11S. The number of hydrogen-bond donors (Lipinski definition) is 2. The number of aliphatic hydroxyl groups excluding tert-OH is 1. The van der Waals surface area contributed by atoms with Gasteiger partial charge in [-0.15, -0.1) is 5.06 Å². The molecule has 0 aromatic heterocycles. The van der Waals surface area contributed by atoms with Crippen LogP contribution in [0.1, 0.15) is 30.4 Å². The van der Waals surface area contributed by atoms with Crippen LogP contribution in [0.15, 0.2) is 18.2 Å². The molecule has 1 aliphatic rings. The molecule has 1 atom stereocenters. The van der Waals surface area contributed by atoms with Crippen molar-refractivity contribution < 1.29 is 47.0 Å². The van der Waals surface area contributed by atoms with E-state index in [0.717, 1.165) is 0 Å². The SMILES string of the molecule is O=C(CCCOCc1ccc([N+](=O)[O-])c(CO)c1)ON1C(=O)CC(S(=O)(=O)O)C1=O.[NaH]. The predicted octanol–water partition coefficient (Wildman–Crippen LogP) is -0.791. The molecule has 0 bridgehead atoms. The number of nitrogens with zero attached hydrogens (tertiary/aromatic N) is 2. The number of aliphatic hydroxyl groups is 1. The Morgan fingerprint density at radius 3 is 2.55 bits per heavy atom. The summed E-state index contributed by atoms with van der Waals surface area (Å²) in [5.41, 5.74) is 0.482. The van der Waals surface area contributed by atoms with Gasteiger partial charge in [-0.3, -0.25) is 24.3 Å². The second-order valence-corrected chi connectivity index (χ2v) is 7.83. The fourth-order valence-corrected chi connectivity index (χ4v) is 3.30. The van der Waals surface area contributed by atoms with Crippen LogP contribution >= 0.6 is 0 Å². The van der Waals surface area contributed by atoms with E-state index >= 15 is 0 Å². The molecule has 166 valence electrons. The molecule has 13 nitrogen and oxygen atoms in total. The average Bonchev–Trinajstić information content (AvgIpc) is 2.95. The molecule has 31 heavy (non-hydrogen) atoms. The molecule has 0 spiro atoms. The summed E-state index contributed by atoms with van der Waals surface area (Å²) in [7, 11) is -4.79. The first-order chi connectivity index (χ1) is 14.0. The van der Waals surface area contributed by atoms with Crippen molar-refractivity contribution in [2.24, 2.45) is 0 Å². The second-order valence-electron chi connectivity index (χ2n) is 6.23. The third-order valence-corrected chi connectivity index (χ3v) is 5.15. The van der Waals surface area contributed by atoms with Crippen molar-refractivity contribution in [1.82, 2.24) is 5.06 Å². The summed E-state index contributed by atoms with van der Waals surface area (Å²) < 4.78 is 36.3. The summed E-state index contributed by atoms with van der Waals surface area (Å²) >= 11 is 0. The van der Waals surface area contributed by atoms with E-state index in [9.17, 15) is 38.0 Å². The van der Waals surface area contributed by atoms with Gasteiger partial charge in [0.05, 0.1) is 36.5 Å². The number of carbonyl (C=O) groups is 3. The number of benzene rings is 1. The van der Waals surface area contributed by atoms with Crippen LogP contribution in [0.5, 0.6) is 0 Å². The monoisotopic (exact) mass is 470 g/mol. The third kappa shape index (κ3) is 7.31. The number of imide groups is 1. The Morgan fingerprint density at radius 1 is 1.32 bits per heavy atom. The van der Waals surface area contributed by atoms with Gasteiger partial charge in [-0.2, -0.15) is 8.42 Å². The minimum atomic E-state index is -4.79. The van der Waals surface area contributed by atoms with E-state index in [-0.39, 0.29) is 71.9 Å². The topological polar surface area (TPSA) is 191 Å². The van der Waals surface area contributed by atoms with Crippen molar-refractivity contribution in [1.29, 1.82) is 0 Å². The molecule has 0 aliphatic carbocycles. The molecule has 0 radical (unpaired) electrons. The van der Waals surface area contributed by atoms with Gasteiger partial charge < -0.3 is 14.7 Å². The zero-order valence-electron chi connectivity index (χ0n) is 15.4. The Balaban J connectivity index is 0.00000480. The van der Waals surface area contributed by atoms with Crippen molar-refractivity contribution in [3.63, 3.8) is 0 Å². The van der Waals surface area contributed by atoms with Crippen molar-refractivity contribution in [3.05, 3.63) is 39.4 Å². The van der Waals surface area contributed by atoms with Crippen molar-refractivity contribution in [2.45, 2.75) is 37.7 Å². The molecule has 2 N–H and O–H groups in total. The molecule has 0 saturated carbocycles. The van der Waals surface area contributed by atoms with E-state index < -0.39 is 51.1 Å². The van der Waals surface area contributed by atoms with E-state index in [1.807, 2.05) is 0 Å². The maximum atomic E-state index is 11.8. The van der Waals surface area contributed by atoms with Crippen LogP contribution in [0.3, 0.4) is 0 Å². The van der Waals surface area contributed by atoms with Crippen molar-refractivity contribution >= 4 is 63.1 Å². The van der Waals surface area contributed by atoms with Gasteiger partial charge in [0.15, 0.2) is 5.25 Å². The van der Waals surface area contributed by atoms with E-state index in [1.54, 1.807) is 0 Å². The van der Waals surface area contributed by atoms with Gasteiger partial charge in [0.25, 0.3) is 27.6 Å². The van der Waals surface area contributed by atoms with E-state index in [0.29, 0.717) is 5.56 Å². The standard InChI is InChI=1S/C16H18N2O11S.Na.H/c19-8-11-6-10(3-4-12(11)18(23)24)9-28-5-1-2-15(21)29-17-14(20)7-13(16(17)22)30(25,26)27;;/h3-4,6,13,19H,1-2,5,7-9H2,(H,25,26,27);;. The van der Waals surface area contributed by atoms with Gasteiger partial charge in [-0.05, 0) is 24.1 Å². The van der Waals surface area contributed by atoms with E-state index in [1.165, 1.54) is 18.2 Å². The molecule has 1 saturated heterocycles. The number of carbonyl (C=O) groups excluding carboxylic acids is 3. The van der Waals surface area contributed by atoms with Crippen LogP contribution in [-0.2, 0) is 47.3 Å². The number of ether oxygens (including phenoxy) is 1. The molecule has 1 aliphatic heterocycles. The Hall–Kier alpha value is -1.94. The molecule has 1 heterocycles. The van der Waals surface area contributed by atoms with Crippen LogP contribution in [0.2, 0.25) is 0 Å². The van der Waals surface area contributed by atoms with Gasteiger partial charge >= 0.3 is 35.5 Å². The molecule has 2 rings (SSSR count). The Morgan fingerprint density at radius 2 is 2.00 bits per heavy atom. The quantitative estimate of drug-likeness (QED) is 0.109. The summed E-state index contributed by atoms with van der Waals surface area (Å²) in [5.74, 6) is -3.38. The molecule has 1 aromatic carbocycles. The minimum absolute atomic E-state index is 0. The summed E-state index contributed by atoms with van der Waals surface area (Å²) in [6.07, 6.45) is -0.939. The summed E-state index contributed by atoms with van der Waals surface area (Å²) in [6.45, 7) is -0.391. The number of nitro benzene ring substituents is 1. The predicted molar refractivity (Wildman–Crippen MR) is 103 cm³/mol. The Kier molecular flexibility index (Phi) is 10.2. The Labute approximate surface area is 198 Å². The van der Waals surface area contributed by atoms with E-state index in [4.69, 9.17) is 9.29 Å². The van der Waals surface area contributed by atoms with Crippen LogP contribution in [0.4, 0.5) is 5.69 Å².